The predicted octanol–water partition coefficient (Wildman–Crippen LogP) is 8.72. The van der Waals surface area contributed by atoms with Crippen LogP contribution >= 0.6 is 23.5 Å². The maximum absolute atomic E-state index is 10.8. The zero-order valence-electron chi connectivity index (χ0n) is 18.6. The summed E-state index contributed by atoms with van der Waals surface area (Å²) in [5.41, 5.74) is 1.40. The van der Waals surface area contributed by atoms with Gasteiger partial charge in [-0.3, -0.25) is 4.79 Å². The lowest BCUT2D eigenvalue weighted by Gasteiger charge is -2.18. The fourth-order valence-corrected chi connectivity index (χ4v) is 6.19. The minimum Gasteiger partial charge on any atom is -0.481 e. The number of hydrogen-bond acceptors (Lipinski definition) is 3. The van der Waals surface area contributed by atoms with Crippen LogP contribution in [0.15, 0.2) is 111 Å². The first-order valence-corrected chi connectivity index (χ1v) is 13.1. The quantitative estimate of drug-likeness (QED) is 0.221. The Bertz CT molecular complexity index is 1190. The van der Waals surface area contributed by atoms with E-state index < -0.39 is 5.97 Å². The zero-order chi connectivity index (χ0) is 22.9. The van der Waals surface area contributed by atoms with Crippen molar-refractivity contribution in [2.75, 3.05) is 0 Å². The van der Waals surface area contributed by atoms with Gasteiger partial charge in [0.25, 0.3) is 0 Å². The summed E-state index contributed by atoms with van der Waals surface area (Å²) in [7, 11) is 0. The Hall–Kier alpha value is -2.69. The van der Waals surface area contributed by atoms with Crippen molar-refractivity contribution in [3.8, 4) is 0 Å². The van der Waals surface area contributed by atoms with Crippen LogP contribution in [0, 0.1) is 0 Å². The number of aliphatic carboxylic acids is 1. The van der Waals surface area contributed by atoms with Crippen LogP contribution in [0.4, 0.5) is 0 Å². The number of fused-ring (bicyclic) bond motifs is 1. The lowest BCUT2D eigenvalue weighted by Crippen LogP contribution is -1.96. The van der Waals surface area contributed by atoms with Gasteiger partial charge in [-0.15, -0.1) is 0 Å². The van der Waals surface area contributed by atoms with Crippen LogP contribution in [0.25, 0.3) is 10.8 Å². The molecule has 0 aliphatic carbocycles. The summed E-state index contributed by atoms with van der Waals surface area (Å²) >= 11 is 3.68. The Balaban J connectivity index is 1.68. The average molecular weight is 473 g/mol. The Morgan fingerprint density at radius 3 is 2.00 bits per heavy atom. The van der Waals surface area contributed by atoms with Gasteiger partial charge in [-0.1, -0.05) is 97.0 Å². The molecule has 4 rings (SSSR count). The molecule has 0 radical (unpaired) electrons. The molecule has 0 atom stereocenters. The van der Waals surface area contributed by atoms with Crippen LogP contribution in [0.3, 0.4) is 0 Å². The second-order valence-electron chi connectivity index (χ2n) is 8.04. The van der Waals surface area contributed by atoms with Crippen molar-refractivity contribution in [1.82, 2.24) is 0 Å². The van der Waals surface area contributed by atoms with Crippen LogP contribution in [-0.2, 0) is 11.2 Å². The smallest absolute Gasteiger partial charge is 0.303 e. The van der Waals surface area contributed by atoms with Crippen molar-refractivity contribution in [1.29, 1.82) is 0 Å². The molecule has 0 unspecified atom stereocenters. The van der Waals surface area contributed by atoms with E-state index in [1.54, 1.807) is 0 Å². The molecular formula is C29H28O2S2. The van der Waals surface area contributed by atoms with Crippen molar-refractivity contribution < 1.29 is 9.90 Å². The number of carboxylic acids is 1. The third kappa shape index (κ3) is 6.66. The second-order valence-corrected chi connectivity index (χ2v) is 10.2. The largest absolute Gasteiger partial charge is 0.481 e. The zero-order valence-corrected chi connectivity index (χ0v) is 20.2. The molecule has 0 heterocycles. The third-order valence-electron chi connectivity index (χ3n) is 5.57. The number of benzene rings is 4. The van der Waals surface area contributed by atoms with Crippen LogP contribution in [0.1, 0.15) is 37.7 Å². The minimum absolute atomic E-state index is 0.265. The van der Waals surface area contributed by atoms with Gasteiger partial charge in [0.1, 0.15) is 0 Å². The lowest BCUT2D eigenvalue weighted by molar-refractivity contribution is -0.137. The van der Waals surface area contributed by atoms with E-state index in [0.29, 0.717) is 0 Å². The number of unbranched alkanes of at least 4 members (excludes halogenated alkanes) is 3. The second kappa shape index (κ2) is 12.0. The van der Waals surface area contributed by atoms with Gasteiger partial charge >= 0.3 is 5.97 Å². The lowest BCUT2D eigenvalue weighted by atomic mass is 9.99. The highest BCUT2D eigenvalue weighted by Crippen LogP contribution is 2.44. The van der Waals surface area contributed by atoms with E-state index in [2.05, 4.69) is 91.0 Å². The number of aryl methyl sites for hydroxylation is 1. The van der Waals surface area contributed by atoms with Gasteiger partial charge in [0.2, 0.25) is 0 Å². The summed E-state index contributed by atoms with van der Waals surface area (Å²) in [4.78, 5) is 15.9. The Morgan fingerprint density at radius 2 is 1.30 bits per heavy atom. The molecule has 0 aliphatic heterocycles. The fraction of sp³-hybridized carbons (Fsp3) is 0.207. The van der Waals surface area contributed by atoms with Gasteiger partial charge in [-0.2, -0.15) is 0 Å². The first-order chi connectivity index (χ1) is 16.2. The first kappa shape index (κ1) is 23.5. The molecule has 0 amide bonds. The van der Waals surface area contributed by atoms with E-state index in [-0.39, 0.29) is 6.42 Å². The monoisotopic (exact) mass is 472 g/mol. The molecule has 2 nitrogen and oxygen atoms in total. The molecule has 1 N–H and O–H groups in total. The minimum atomic E-state index is -0.701. The third-order valence-corrected chi connectivity index (χ3v) is 7.93. The van der Waals surface area contributed by atoms with E-state index in [1.807, 2.05) is 23.5 Å². The summed E-state index contributed by atoms with van der Waals surface area (Å²) in [6, 6.07) is 32.2. The average Bonchev–Trinajstić information content (AvgIpc) is 2.84. The SMILES string of the molecule is O=C(O)CCCCCCc1c(Sc2ccccc2)c(Sc2ccccc2)cc2ccccc12. The summed E-state index contributed by atoms with van der Waals surface area (Å²) in [5.74, 6) is -0.701. The van der Waals surface area contributed by atoms with Gasteiger partial charge in [0, 0.05) is 26.0 Å². The Morgan fingerprint density at radius 1 is 0.697 bits per heavy atom. The molecule has 0 aliphatic rings. The van der Waals surface area contributed by atoms with Crippen LogP contribution in [0.5, 0.6) is 0 Å². The van der Waals surface area contributed by atoms with Gasteiger partial charge < -0.3 is 5.11 Å². The molecular weight excluding hydrogens is 444 g/mol. The maximum Gasteiger partial charge on any atom is 0.303 e. The topological polar surface area (TPSA) is 37.3 Å². The standard InChI is InChI=1S/C29H28O2S2/c30-28(31)20-10-2-1-9-19-26-25-18-12-11-13-22(25)21-27(32-23-14-5-3-6-15-23)29(26)33-24-16-7-4-8-17-24/h3-8,11-18,21H,1-2,9-10,19-20H2,(H,30,31). The van der Waals surface area contributed by atoms with Crippen LogP contribution in [0.2, 0.25) is 0 Å². The van der Waals surface area contributed by atoms with Gasteiger partial charge in [-0.25, -0.2) is 0 Å². The Kier molecular flexibility index (Phi) is 8.51. The van der Waals surface area contributed by atoms with Gasteiger partial charge in [0.15, 0.2) is 0 Å². The van der Waals surface area contributed by atoms with Crippen molar-refractivity contribution in [3.63, 3.8) is 0 Å². The van der Waals surface area contributed by atoms with Gasteiger partial charge in [0.05, 0.1) is 0 Å². The maximum atomic E-state index is 10.8. The predicted molar refractivity (Wildman–Crippen MR) is 140 cm³/mol. The molecule has 4 heteroatoms. The van der Waals surface area contributed by atoms with Crippen molar-refractivity contribution in [2.45, 2.75) is 58.1 Å². The van der Waals surface area contributed by atoms with Crippen molar-refractivity contribution >= 4 is 40.3 Å². The first-order valence-electron chi connectivity index (χ1n) is 11.4. The summed E-state index contributed by atoms with van der Waals surface area (Å²) in [6.07, 6.45) is 5.08. The fourth-order valence-electron chi connectivity index (χ4n) is 3.96. The molecule has 0 aromatic heterocycles. The van der Waals surface area contributed by atoms with Crippen molar-refractivity contribution in [3.05, 3.63) is 96.6 Å². The molecule has 0 bridgehead atoms. The van der Waals surface area contributed by atoms with Gasteiger partial charge in [-0.05, 0) is 65.9 Å². The molecule has 0 saturated heterocycles. The highest BCUT2D eigenvalue weighted by atomic mass is 32.2. The van der Waals surface area contributed by atoms with Crippen LogP contribution < -0.4 is 0 Å². The van der Waals surface area contributed by atoms with E-state index in [1.165, 1.54) is 35.9 Å². The van der Waals surface area contributed by atoms with E-state index >= 15 is 0 Å². The van der Waals surface area contributed by atoms with E-state index in [9.17, 15) is 4.79 Å². The molecule has 33 heavy (non-hydrogen) atoms. The highest BCUT2D eigenvalue weighted by molar-refractivity contribution is 8.02. The van der Waals surface area contributed by atoms with E-state index in [0.717, 1.165) is 32.1 Å². The molecule has 168 valence electrons. The molecule has 0 fully saturated rings. The number of carboxylic acid groups (broad SMARTS) is 1. The Labute approximate surface area is 204 Å². The molecule has 0 spiro atoms. The summed E-state index contributed by atoms with van der Waals surface area (Å²) < 4.78 is 0. The molecule has 4 aromatic carbocycles. The molecule has 0 saturated carbocycles. The normalized spacial score (nSPS) is 11.0. The number of hydrogen-bond donors (Lipinski definition) is 1. The van der Waals surface area contributed by atoms with Crippen LogP contribution in [-0.4, -0.2) is 11.1 Å². The van der Waals surface area contributed by atoms with E-state index in [4.69, 9.17) is 5.11 Å². The summed E-state index contributed by atoms with van der Waals surface area (Å²) in [6.45, 7) is 0. The highest BCUT2D eigenvalue weighted by Gasteiger charge is 2.16. The van der Waals surface area contributed by atoms with Crippen molar-refractivity contribution in [2.24, 2.45) is 0 Å². The molecule has 4 aromatic rings. The number of rotatable bonds is 11. The number of carbonyl (C=O) groups is 1. The summed E-state index contributed by atoms with van der Waals surface area (Å²) in [5, 5.41) is 11.5.